The van der Waals surface area contributed by atoms with E-state index in [1.165, 1.54) is 25.7 Å². The summed E-state index contributed by atoms with van der Waals surface area (Å²) < 4.78 is 11.8. The van der Waals surface area contributed by atoms with Crippen LogP contribution < -0.4 is 0 Å². The molecule has 0 aliphatic rings. The van der Waals surface area contributed by atoms with Gasteiger partial charge < -0.3 is 10.2 Å². The van der Waals surface area contributed by atoms with Crippen molar-refractivity contribution in [3.63, 3.8) is 0 Å². The zero-order valence-corrected chi connectivity index (χ0v) is 38.2. The van der Waals surface area contributed by atoms with Crippen molar-refractivity contribution in [2.75, 3.05) is 13.2 Å². The second kappa shape index (κ2) is 41.3. The van der Waals surface area contributed by atoms with Crippen molar-refractivity contribution < 1.29 is 38.9 Å². The predicted molar refractivity (Wildman–Crippen MR) is 202 cm³/mol. The number of carboxylic acid groups (broad SMARTS) is 2. The van der Waals surface area contributed by atoms with Crippen LogP contribution in [0.1, 0.15) is 144 Å². The molecule has 0 saturated carbocycles. The summed E-state index contributed by atoms with van der Waals surface area (Å²) in [6, 6.07) is 0. The summed E-state index contributed by atoms with van der Waals surface area (Å²) in [4.78, 5) is 42.2. The van der Waals surface area contributed by atoms with Gasteiger partial charge >= 0.3 is 162 Å². The van der Waals surface area contributed by atoms with Crippen LogP contribution in [0.15, 0.2) is 0 Å². The first-order valence-corrected chi connectivity index (χ1v) is 22.9. The summed E-state index contributed by atoms with van der Waals surface area (Å²) in [6.45, 7) is 14.2. The fourth-order valence-corrected chi connectivity index (χ4v) is 5.13. The molecular weight excluding hydrogens is 838 g/mol. The van der Waals surface area contributed by atoms with Gasteiger partial charge in [-0.1, -0.05) is 79.1 Å². The summed E-state index contributed by atoms with van der Waals surface area (Å²) in [5.41, 5.74) is 0. The fourth-order valence-electron chi connectivity index (χ4n) is 3.42. The number of unbranched alkanes of at least 4 members (excludes halogenated alkanes) is 6. The Bertz CT molecular complexity index is 655. The quantitative estimate of drug-likeness (QED) is 0.0332. The van der Waals surface area contributed by atoms with Gasteiger partial charge in [0.2, 0.25) is 0 Å². The van der Waals surface area contributed by atoms with Crippen molar-refractivity contribution >= 4 is 94.2 Å². The van der Waals surface area contributed by atoms with E-state index in [4.69, 9.17) is 19.7 Å². The Morgan fingerprint density at radius 2 is 0.870 bits per heavy atom. The SMILES string of the molecule is CC(C)CCCCCC(S)C(=O)O.CC(C)CCCCCC(S)C(=O)O.CCCCOC(=O)C[CH2][SnH].CCCCOC(=O)C[CH2][SnH]. The van der Waals surface area contributed by atoms with Crippen molar-refractivity contribution in [2.24, 2.45) is 11.8 Å². The molecule has 0 rings (SSSR count). The molecule has 4 radical (unpaired) electrons. The molecule has 0 aliphatic carbocycles. The molecule has 2 atom stereocenters. The average molecular weight is 906 g/mol. The van der Waals surface area contributed by atoms with Crippen LogP contribution in [0, 0.1) is 11.8 Å². The maximum absolute atomic E-state index is 10.7. The van der Waals surface area contributed by atoms with Crippen molar-refractivity contribution in [3.05, 3.63) is 0 Å². The van der Waals surface area contributed by atoms with E-state index in [-0.39, 0.29) is 11.9 Å². The molecule has 0 aliphatic heterocycles. The number of carbonyl (C=O) groups is 4. The van der Waals surface area contributed by atoms with Gasteiger partial charge in [0, 0.05) is 0 Å². The molecule has 0 fully saturated rings. The third-order valence-electron chi connectivity index (χ3n) is 6.31. The Balaban J connectivity index is -0.000000258. The molecule has 0 bridgehead atoms. The normalized spacial score (nSPS) is 11.6. The molecule has 0 saturated heterocycles. The first kappa shape index (κ1) is 53.0. The molecule has 0 amide bonds. The number of ether oxygens (including phenoxy) is 2. The molecule has 8 nitrogen and oxygen atoms in total. The van der Waals surface area contributed by atoms with Crippen LogP contribution in [-0.4, -0.2) is 103 Å². The molecule has 0 aromatic carbocycles. The fraction of sp³-hybridized carbons (Fsp3) is 0.882. The first-order valence-electron chi connectivity index (χ1n) is 17.2. The summed E-state index contributed by atoms with van der Waals surface area (Å²) in [5.74, 6) is -0.140. The van der Waals surface area contributed by atoms with E-state index in [0.29, 0.717) is 38.9 Å². The van der Waals surface area contributed by atoms with Gasteiger partial charge in [-0.15, -0.1) is 0 Å². The summed E-state index contributed by atoms with van der Waals surface area (Å²) in [7, 11) is 0. The monoisotopic (exact) mass is 908 g/mol. The Morgan fingerprint density at radius 3 is 1.11 bits per heavy atom. The number of carbonyl (C=O) groups excluding carboxylic acids is 2. The van der Waals surface area contributed by atoms with Gasteiger partial charge in [-0.3, -0.25) is 9.59 Å². The van der Waals surface area contributed by atoms with Crippen LogP contribution in [0.5, 0.6) is 0 Å². The van der Waals surface area contributed by atoms with E-state index < -0.39 is 22.4 Å². The molecule has 2 unspecified atom stereocenters. The molecule has 12 heteroatoms. The number of thiol groups is 2. The van der Waals surface area contributed by atoms with Crippen molar-refractivity contribution in [3.8, 4) is 0 Å². The van der Waals surface area contributed by atoms with Gasteiger partial charge in [-0.2, -0.15) is 25.3 Å². The van der Waals surface area contributed by atoms with Gasteiger partial charge in [0.25, 0.3) is 0 Å². The van der Waals surface area contributed by atoms with E-state index in [0.717, 1.165) is 117 Å². The molecule has 0 heterocycles. The van der Waals surface area contributed by atoms with Crippen LogP contribution in [0.3, 0.4) is 0 Å². The number of aliphatic carboxylic acids is 2. The van der Waals surface area contributed by atoms with Crippen LogP contribution in [-0.2, 0) is 28.7 Å². The van der Waals surface area contributed by atoms with Crippen LogP contribution in [0.4, 0.5) is 0 Å². The third kappa shape index (κ3) is 51.0. The molecule has 0 aromatic heterocycles. The van der Waals surface area contributed by atoms with Gasteiger partial charge in [0.1, 0.15) is 0 Å². The zero-order valence-electron chi connectivity index (χ0n) is 29.8. The van der Waals surface area contributed by atoms with Gasteiger partial charge in [0.05, 0.1) is 10.5 Å². The van der Waals surface area contributed by atoms with Crippen LogP contribution in [0.25, 0.3) is 0 Å². The Hall–Kier alpha value is 0.177. The molecule has 272 valence electrons. The number of carboxylic acids is 2. The van der Waals surface area contributed by atoms with Crippen LogP contribution in [0.2, 0.25) is 8.87 Å². The second-order valence-corrected chi connectivity index (χ2v) is 16.5. The standard InChI is InChI=1S/2C10H20O2S.2C7H13O2.2Sn.2H/c2*1-8(2)6-4-3-5-7-9(13)10(11)12;2*1-3-5-6-9-7(8)4-2;;;;/h2*8-9,13H,3-7H2,1-2H3,(H,11,12);2*2-6H2,1H3;;;;. The number of esters is 2. The Labute approximate surface area is 319 Å². The van der Waals surface area contributed by atoms with Crippen molar-refractivity contribution in [1.82, 2.24) is 0 Å². The van der Waals surface area contributed by atoms with E-state index in [2.05, 4.69) is 66.8 Å². The van der Waals surface area contributed by atoms with Crippen molar-refractivity contribution in [1.29, 1.82) is 0 Å². The van der Waals surface area contributed by atoms with E-state index in [9.17, 15) is 19.2 Å². The molecule has 2 N–H and O–H groups in total. The summed E-state index contributed by atoms with van der Waals surface area (Å²) in [5, 5.41) is 16.2. The summed E-state index contributed by atoms with van der Waals surface area (Å²) in [6.07, 6.45) is 15.9. The number of hydrogen-bond acceptors (Lipinski definition) is 8. The second-order valence-electron chi connectivity index (χ2n) is 12.0. The van der Waals surface area contributed by atoms with E-state index >= 15 is 0 Å². The minimum atomic E-state index is -0.799. The number of rotatable bonds is 24. The average Bonchev–Trinajstić information content (AvgIpc) is 2.98. The Kier molecular flexibility index (Phi) is 47.6. The Morgan fingerprint density at radius 1 is 0.565 bits per heavy atom. The first-order chi connectivity index (χ1) is 21.7. The third-order valence-corrected chi connectivity index (χ3v) is 8.91. The van der Waals surface area contributed by atoms with Crippen molar-refractivity contribution in [2.45, 2.75) is 164 Å². The maximum atomic E-state index is 10.7. The van der Waals surface area contributed by atoms with Crippen LogP contribution >= 0.6 is 25.3 Å². The van der Waals surface area contributed by atoms with Gasteiger partial charge in [0.15, 0.2) is 0 Å². The van der Waals surface area contributed by atoms with E-state index in [1.807, 2.05) is 0 Å². The molecule has 0 spiro atoms. The summed E-state index contributed by atoms with van der Waals surface area (Å²) >= 11 is 10.2. The van der Waals surface area contributed by atoms with Gasteiger partial charge in [-0.05, 0) is 24.7 Å². The zero-order chi connectivity index (χ0) is 36.2. The molecule has 0 aromatic rings. The number of hydrogen-bond donors (Lipinski definition) is 4. The molecular formula is C34H68O8S2Sn2. The predicted octanol–water partition coefficient (Wildman–Crippen LogP) is 8.03. The van der Waals surface area contributed by atoms with E-state index in [1.54, 1.807) is 0 Å². The minimum absolute atomic E-state index is 0.0268. The topological polar surface area (TPSA) is 127 Å². The molecule has 46 heavy (non-hydrogen) atoms. The van der Waals surface area contributed by atoms with Gasteiger partial charge in [-0.25, -0.2) is 0 Å².